The molecule has 14 heteroatoms. The van der Waals surface area contributed by atoms with E-state index in [1.165, 1.54) is 186 Å². The molecule has 2 aliphatic heterocycles. The van der Waals surface area contributed by atoms with Crippen molar-refractivity contribution >= 4 is 5.91 Å². The van der Waals surface area contributed by atoms with Crippen molar-refractivity contribution in [3.8, 4) is 0 Å². The van der Waals surface area contributed by atoms with Gasteiger partial charge in [-0.15, -0.1) is 0 Å². The Morgan fingerprint density at radius 1 is 0.493 bits per heavy atom. The van der Waals surface area contributed by atoms with Crippen LogP contribution in [0.25, 0.3) is 0 Å². The van der Waals surface area contributed by atoms with Crippen molar-refractivity contribution in [3.63, 3.8) is 0 Å². The molecule has 0 aromatic carbocycles. The maximum atomic E-state index is 13.1. The first kappa shape index (κ1) is 65.8. The second-order valence-corrected chi connectivity index (χ2v) is 21.1. The summed E-state index contributed by atoms with van der Waals surface area (Å²) < 4.78 is 22.5. The Labute approximate surface area is 431 Å². The van der Waals surface area contributed by atoms with Gasteiger partial charge < -0.3 is 65.1 Å². The molecule has 9 N–H and O–H groups in total. The number of carbonyl (C=O) groups excluding carboxylic acids is 1. The fraction of sp³-hybridized carbons (Fsp3) is 0.947. The topological polar surface area (TPSA) is 228 Å². The minimum atomic E-state index is -1.78. The van der Waals surface area contributed by atoms with E-state index in [0.29, 0.717) is 6.42 Å². The number of ether oxygens (including phenoxy) is 4. The Balaban J connectivity index is 1.50. The number of aliphatic hydroxyl groups is 8. The SMILES string of the molecule is CCCC/C=C/C(O)C(COC1OC(CO)C(OC2OC(CO)C(O)C(O)C2O)C(O)C1O)NC(=O)CCCCCCCCCCCCCCCCCCCCCCCCCCCCCCCCCCC. The monoisotopic (exact) mass is 1020 g/mol. The Hall–Kier alpha value is -1.27. The summed E-state index contributed by atoms with van der Waals surface area (Å²) >= 11 is 0. The van der Waals surface area contributed by atoms with E-state index < -0.39 is 86.8 Å². The minimum absolute atomic E-state index is 0.244. The maximum absolute atomic E-state index is 13.1. The first-order valence-electron chi connectivity index (χ1n) is 29.4. The molecule has 0 aliphatic carbocycles. The first-order chi connectivity index (χ1) is 34.6. The smallest absolute Gasteiger partial charge is 0.220 e. The molecule has 1 amide bonds. The summed E-state index contributed by atoms with van der Waals surface area (Å²) in [5.41, 5.74) is 0. The van der Waals surface area contributed by atoms with Gasteiger partial charge in [-0.3, -0.25) is 4.79 Å². The largest absolute Gasteiger partial charge is 0.394 e. The summed E-state index contributed by atoms with van der Waals surface area (Å²) in [5.74, 6) is -0.244. The number of aliphatic hydroxyl groups excluding tert-OH is 8. The third-order valence-electron chi connectivity index (χ3n) is 14.7. The van der Waals surface area contributed by atoms with Gasteiger partial charge >= 0.3 is 0 Å². The molecule has 2 saturated heterocycles. The lowest BCUT2D eigenvalue weighted by molar-refractivity contribution is -0.359. The van der Waals surface area contributed by atoms with Crippen LogP contribution in [0.5, 0.6) is 0 Å². The molecule has 0 bridgehead atoms. The number of hydrogen-bond donors (Lipinski definition) is 9. The van der Waals surface area contributed by atoms with Crippen molar-refractivity contribution in [1.29, 1.82) is 0 Å². The molecule has 0 saturated carbocycles. The molecular weight excluding hydrogens is 907 g/mol. The molecule has 0 aromatic heterocycles. The number of nitrogens with one attached hydrogen (secondary N) is 1. The van der Waals surface area contributed by atoms with Gasteiger partial charge in [0.1, 0.15) is 48.8 Å². The summed E-state index contributed by atoms with van der Waals surface area (Å²) in [5, 5.41) is 86.2. The highest BCUT2D eigenvalue weighted by atomic mass is 16.7. The van der Waals surface area contributed by atoms with Gasteiger partial charge in [-0.05, 0) is 12.8 Å². The van der Waals surface area contributed by atoms with E-state index in [-0.39, 0.29) is 18.9 Å². The Kier molecular flexibility index (Phi) is 40.7. The number of amides is 1. The van der Waals surface area contributed by atoms with E-state index in [4.69, 9.17) is 18.9 Å². The van der Waals surface area contributed by atoms with Gasteiger partial charge in [0.25, 0.3) is 0 Å². The summed E-state index contributed by atoms with van der Waals surface area (Å²) in [4.78, 5) is 13.1. The van der Waals surface area contributed by atoms with E-state index in [2.05, 4.69) is 19.2 Å². The van der Waals surface area contributed by atoms with Crippen LogP contribution in [-0.2, 0) is 23.7 Å². The van der Waals surface area contributed by atoms with Crippen LogP contribution in [0.4, 0.5) is 0 Å². The Morgan fingerprint density at radius 3 is 1.28 bits per heavy atom. The average molecular weight is 1020 g/mol. The van der Waals surface area contributed by atoms with Crippen molar-refractivity contribution in [2.24, 2.45) is 0 Å². The second kappa shape index (κ2) is 43.9. The molecular formula is C57H109NO13. The van der Waals surface area contributed by atoms with Gasteiger partial charge in [0.2, 0.25) is 5.91 Å². The molecule has 2 heterocycles. The van der Waals surface area contributed by atoms with E-state index in [1.807, 2.05) is 6.08 Å². The number of hydrogen-bond acceptors (Lipinski definition) is 13. The fourth-order valence-corrected chi connectivity index (χ4v) is 9.93. The highest BCUT2D eigenvalue weighted by Crippen LogP contribution is 2.30. The summed E-state index contributed by atoms with van der Waals surface area (Å²) in [6, 6.07) is -0.905. The zero-order chi connectivity index (χ0) is 51.7. The standard InChI is InChI=1S/C57H109NO13/c1-3-5-7-9-10-11-12-13-14-15-16-17-18-19-20-21-22-23-24-25-26-27-28-29-30-31-32-33-34-35-36-37-39-41-49(62)58-45(46(61)40-38-8-6-4-2)44-68-56-54(67)52(65)55(48(43-60)70-56)71-57-53(66)51(64)50(63)47(42-59)69-57/h38,40,45-48,50-57,59-61,63-67H,3-37,39,41-44H2,1-2H3,(H,58,62)/b40-38+. The van der Waals surface area contributed by atoms with Gasteiger partial charge in [0, 0.05) is 6.42 Å². The fourth-order valence-electron chi connectivity index (χ4n) is 9.93. The third kappa shape index (κ3) is 30.2. The minimum Gasteiger partial charge on any atom is -0.394 e. The van der Waals surface area contributed by atoms with Gasteiger partial charge in [-0.2, -0.15) is 0 Å². The van der Waals surface area contributed by atoms with E-state index in [1.54, 1.807) is 6.08 Å². The predicted molar refractivity (Wildman–Crippen MR) is 282 cm³/mol. The molecule has 71 heavy (non-hydrogen) atoms. The van der Waals surface area contributed by atoms with E-state index >= 15 is 0 Å². The van der Waals surface area contributed by atoms with Crippen molar-refractivity contribution in [2.45, 2.75) is 325 Å². The highest BCUT2D eigenvalue weighted by Gasteiger charge is 2.51. The van der Waals surface area contributed by atoms with Crippen molar-refractivity contribution in [1.82, 2.24) is 5.32 Å². The van der Waals surface area contributed by atoms with Gasteiger partial charge in [-0.1, -0.05) is 244 Å². The number of unbranched alkanes of at least 4 members (excludes halogenated alkanes) is 34. The normalized spacial score (nSPS) is 25.8. The quantitative estimate of drug-likeness (QED) is 0.0205. The van der Waals surface area contributed by atoms with Crippen molar-refractivity contribution < 1.29 is 64.6 Å². The maximum Gasteiger partial charge on any atom is 0.220 e. The molecule has 2 aliphatic rings. The zero-order valence-corrected chi connectivity index (χ0v) is 45.0. The molecule has 2 rings (SSSR count). The molecule has 0 spiro atoms. The third-order valence-corrected chi connectivity index (χ3v) is 14.7. The van der Waals surface area contributed by atoms with E-state index in [0.717, 1.165) is 38.5 Å². The van der Waals surface area contributed by atoms with Gasteiger partial charge in [0.15, 0.2) is 12.6 Å². The average Bonchev–Trinajstić information content (AvgIpc) is 3.37. The lowest BCUT2D eigenvalue weighted by Gasteiger charge is -2.46. The van der Waals surface area contributed by atoms with Crippen molar-refractivity contribution in [3.05, 3.63) is 12.2 Å². The summed E-state index contributed by atoms with van der Waals surface area (Å²) in [7, 11) is 0. The Morgan fingerprint density at radius 2 is 0.873 bits per heavy atom. The molecule has 12 unspecified atom stereocenters. The highest BCUT2D eigenvalue weighted by molar-refractivity contribution is 5.76. The van der Waals surface area contributed by atoms with Crippen LogP contribution in [0, 0.1) is 0 Å². The summed E-state index contributed by atoms with van der Waals surface area (Å²) in [6.45, 7) is 2.65. The number of rotatable bonds is 47. The lowest BCUT2D eigenvalue weighted by atomic mass is 9.97. The van der Waals surface area contributed by atoms with Gasteiger partial charge in [0.05, 0.1) is 32.0 Å². The molecule has 14 nitrogen and oxygen atoms in total. The lowest BCUT2D eigenvalue weighted by Crippen LogP contribution is -2.65. The molecule has 12 atom stereocenters. The van der Waals surface area contributed by atoms with Crippen LogP contribution in [0.3, 0.4) is 0 Å². The van der Waals surface area contributed by atoms with Crippen LogP contribution in [0.2, 0.25) is 0 Å². The predicted octanol–water partition coefficient (Wildman–Crippen LogP) is 9.50. The number of carbonyl (C=O) groups is 1. The molecule has 0 radical (unpaired) electrons. The molecule has 420 valence electrons. The second-order valence-electron chi connectivity index (χ2n) is 21.1. The van der Waals surface area contributed by atoms with Gasteiger partial charge in [-0.25, -0.2) is 0 Å². The van der Waals surface area contributed by atoms with E-state index in [9.17, 15) is 45.6 Å². The van der Waals surface area contributed by atoms with Crippen LogP contribution in [-0.4, -0.2) is 140 Å². The van der Waals surface area contributed by atoms with Crippen molar-refractivity contribution in [2.75, 3.05) is 19.8 Å². The zero-order valence-electron chi connectivity index (χ0n) is 45.0. The first-order valence-corrected chi connectivity index (χ1v) is 29.4. The summed E-state index contributed by atoms with van der Waals surface area (Å²) in [6.07, 6.45) is 33.9. The van der Waals surface area contributed by atoms with Crippen LogP contribution < -0.4 is 5.32 Å². The molecule has 0 aromatic rings. The Bertz CT molecular complexity index is 1240. The van der Waals surface area contributed by atoms with Crippen LogP contribution in [0.15, 0.2) is 12.2 Å². The number of allylic oxidation sites excluding steroid dienone is 1. The van der Waals surface area contributed by atoms with Crippen LogP contribution in [0.1, 0.15) is 251 Å². The molecule has 2 fully saturated rings. The van der Waals surface area contributed by atoms with Crippen LogP contribution >= 0.6 is 0 Å².